The number of hydrogen-bond acceptors (Lipinski definition) is 3. The molecule has 0 saturated carbocycles. The van der Waals surface area contributed by atoms with E-state index in [1.807, 2.05) is 20.2 Å². The molecule has 0 atom stereocenters. The number of hydrogen-bond donors (Lipinski definition) is 1. The van der Waals surface area contributed by atoms with Crippen molar-refractivity contribution >= 4 is 29.4 Å². The molecule has 0 spiro atoms. The summed E-state index contributed by atoms with van der Waals surface area (Å²) in [5.74, 6) is 0. The number of nitrogens with zero attached hydrogens (tertiary/aromatic N) is 4. The maximum atomic E-state index is 8.66. The van der Waals surface area contributed by atoms with Crippen LogP contribution in [0.15, 0.2) is 23.3 Å². The van der Waals surface area contributed by atoms with Crippen LogP contribution in [0.2, 0.25) is 0 Å². The van der Waals surface area contributed by atoms with Gasteiger partial charge in [0.15, 0.2) is 5.11 Å². The fraction of sp³-hybridized carbons (Fsp3) is 0.200. The Kier molecular flexibility index (Phi) is 4.36. The van der Waals surface area contributed by atoms with Crippen LogP contribution in [0.4, 0.5) is 5.69 Å². The van der Waals surface area contributed by atoms with E-state index in [2.05, 4.69) is 15.3 Å². The summed E-state index contributed by atoms with van der Waals surface area (Å²) in [6.07, 6.45) is 3.14. The maximum absolute atomic E-state index is 8.66. The van der Waals surface area contributed by atoms with Crippen molar-refractivity contribution in [3.63, 3.8) is 0 Å². The SMILES string of the molecule is CN(C)/C=N/C(=S)Nc1ccnc(C#N)c1. The van der Waals surface area contributed by atoms with E-state index in [4.69, 9.17) is 17.5 Å². The second-order valence-electron chi connectivity index (χ2n) is 3.18. The molecular weight excluding hydrogens is 222 g/mol. The van der Waals surface area contributed by atoms with Crippen molar-refractivity contribution in [1.29, 1.82) is 5.26 Å². The smallest absolute Gasteiger partial charge is 0.198 e. The minimum atomic E-state index is 0.337. The maximum Gasteiger partial charge on any atom is 0.198 e. The third kappa shape index (κ3) is 4.02. The Morgan fingerprint density at radius 2 is 2.44 bits per heavy atom. The van der Waals surface area contributed by atoms with Gasteiger partial charge in [-0.1, -0.05) is 0 Å². The zero-order valence-corrected chi connectivity index (χ0v) is 9.82. The zero-order chi connectivity index (χ0) is 12.0. The van der Waals surface area contributed by atoms with Gasteiger partial charge in [-0.2, -0.15) is 5.26 Å². The van der Waals surface area contributed by atoms with Crippen molar-refractivity contribution in [3.8, 4) is 6.07 Å². The predicted octanol–water partition coefficient (Wildman–Crippen LogP) is 1.24. The van der Waals surface area contributed by atoms with Gasteiger partial charge in [0.05, 0.1) is 6.34 Å². The van der Waals surface area contributed by atoms with Crippen molar-refractivity contribution in [3.05, 3.63) is 24.0 Å². The lowest BCUT2D eigenvalue weighted by Gasteiger charge is -2.05. The highest BCUT2D eigenvalue weighted by Crippen LogP contribution is 2.07. The summed E-state index contributed by atoms with van der Waals surface area (Å²) in [6, 6.07) is 5.28. The van der Waals surface area contributed by atoms with E-state index < -0.39 is 0 Å². The van der Waals surface area contributed by atoms with E-state index in [1.165, 1.54) is 0 Å². The number of nitrogens with one attached hydrogen (secondary N) is 1. The third-order valence-corrected chi connectivity index (χ3v) is 1.74. The van der Waals surface area contributed by atoms with E-state index in [1.54, 1.807) is 29.6 Å². The molecule has 0 aliphatic rings. The van der Waals surface area contributed by atoms with Gasteiger partial charge in [-0.15, -0.1) is 0 Å². The molecule has 82 valence electrons. The van der Waals surface area contributed by atoms with Crippen LogP contribution in [-0.2, 0) is 0 Å². The number of aromatic nitrogens is 1. The first kappa shape index (κ1) is 12.1. The minimum absolute atomic E-state index is 0.337. The molecule has 5 nitrogen and oxygen atoms in total. The van der Waals surface area contributed by atoms with Crippen molar-refractivity contribution in [1.82, 2.24) is 9.88 Å². The topological polar surface area (TPSA) is 64.3 Å². The Balaban J connectivity index is 2.67. The fourth-order valence-corrected chi connectivity index (χ4v) is 1.06. The molecule has 0 amide bonds. The summed E-state index contributed by atoms with van der Waals surface area (Å²) in [7, 11) is 3.71. The van der Waals surface area contributed by atoms with Crippen molar-refractivity contribution < 1.29 is 0 Å². The molecule has 1 aromatic rings. The van der Waals surface area contributed by atoms with Crippen LogP contribution < -0.4 is 5.32 Å². The minimum Gasteiger partial charge on any atom is -0.369 e. The van der Waals surface area contributed by atoms with Crippen LogP contribution in [-0.4, -0.2) is 35.4 Å². The number of anilines is 1. The van der Waals surface area contributed by atoms with Gasteiger partial charge in [-0.25, -0.2) is 9.98 Å². The van der Waals surface area contributed by atoms with Crippen LogP contribution >= 0.6 is 12.2 Å². The molecular formula is C10H11N5S. The summed E-state index contributed by atoms with van der Waals surface area (Å²) in [5.41, 5.74) is 1.04. The highest BCUT2D eigenvalue weighted by molar-refractivity contribution is 7.80. The van der Waals surface area contributed by atoms with Gasteiger partial charge in [-0.3, -0.25) is 0 Å². The molecule has 0 aromatic carbocycles. The molecule has 16 heavy (non-hydrogen) atoms. The van der Waals surface area contributed by atoms with E-state index in [0.29, 0.717) is 16.5 Å². The van der Waals surface area contributed by atoms with Gasteiger partial charge in [0.1, 0.15) is 11.8 Å². The molecule has 0 aliphatic heterocycles. The van der Waals surface area contributed by atoms with Crippen molar-refractivity contribution in [2.24, 2.45) is 4.99 Å². The summed E-state index contributed by atoms with van der Waals surface area (Å²) in [6.45, 7) is 0. The molecule has 6 heteroatoms. The zero-order valence-electron chi connectivity index (χ0n) is 9.01. The first-order valence-electron chi connectivity index (χ1n) is 4.49. The summed E-state index contributed by atoms with van der Waals surface area (Å²) >= 11 is 4.99. The molecule has 1 heterocycles. The summed E-state index contributed by atoms with van der Waals surface area (Å²) < 4.78 is 0. The number of nitriles is 1. The van der Waals surface area contributed by atoms with Gasteiger partial charge >= 0.3 is 0 Å². The van der Waals surface area contributed by atoms with Gasteiger partial charge in [-0.05, 0) is 24.4 Å². The third-order valence-electron chi connectivity index (χ3n) is 1.53. The van der Waals surface area contributed by atoms with E-state index in [9.17, 15) is 0 Å². The van der Waals surface area contributed by atoms with Crippen LogP contribution in [0.25, 0.3) is 0 Å². The van der Waals surface area contributed by atoms with Gasteiger partial charge in [0, 0.05) is 26.0 Å². The second-order valence-corrected chi connectivity index (χ2v) is 3.57. The normalized spacial score (nSPS) is 9.81. The Morgan fingerprint density at radius 1 is 1.69 bits per heavy atom. The average molecular weight is 233 g/mol. The van der Waals surface area contributed by atoms with Gasteiger partial charge in [0.25, 0.3) is 0 Å². The molecule has 1 N–H and O–H groups in total. The van der Waals surface area contributed by atoms with Crippen molar-refractivity contribution in [2.75, 3.05) is 19.4 Å². The van der Waals surface area contributed by atoms with Crippen LogP contribution in [0.3, 0.4) is 0 Å². The molecule has 0 radical (unpaired) electrons. The van der Waals surface area contributed by atoms with Crippen LogP contribution in [0.5, 0.6) is 0 Å². The molecule has 0 unspecified atom stereocenters. The number of aliphatic imine (C=N–C) groups is 1. The molecule has 0 saturated heterocycles. The van der Waals surface area contributed by atoms with Crippen molar-refractivity contribution in [2.45, 2.75) is 0 Å². The van der Waals surface area contributed by atoms with Gasteiger partial charge < -0.3 is 10.2 Å². The lowest BCUT2D eigenvalue weighted by molar-refractivity contribution is 0.644. The first-order chi connectivity index (χ1) is 7.61. The number of rotatable bonds is 2. The monoisotopic (exact) mass is 233 g/mol. The summed E-state index contributed by atoms with van der Waals surface area (Å²) in [4.78, 5) is 9.62. The Labute approximate surface area is 99.4 Å². The lowest BCUT2D eigenvalue weighted by Crippen LogP contribution is -2.12. The molecule has 1 aromatic heterocycles. The largest absolute Gasteiger partial charge is 0.369 e. The fourth-order valence-electron chi connectivity index (χ4n) is 0.893. The molecule has 0 fully saturated rings. The Morgan fingerprint density at radius 3 is 3.06 bits per heavy atom. The standard InChI is InChI=1S/C10H11N5S/c1-15(2)7-13-10(16)14-8-3-4-12-9(5-8)6-11/h3-5,7H,1-2H3,(H,12,14,16)/b13-7+. The molecule has 0 aliphatic carbocycles. The Bertz CT molecular complexity index is 447. The Hall–Kier alpha value is -2.00. The average Bonchev–Trinajstić information content (AvgIpc) is 2.26. The van der Waals surface area contributed by atoms with Crippen LogP contribution in [0.1, 0.15) is 5.69 Å². The second kappa shape index (κ2) is 5.78. The van der Waals surface area contributed by atoms with Gasteiger partial charge in [0.2, 0.25) is 0 Å². The number of thiocarbonyl (C=S) groups is 1. The first-order valence-corrected chi connectivity index (χ1v) is 4.90. The summed E-state index contributed by atoms with van der Waals surface area (Å²) in [5, 5.41) is 11.9. The van der Waals surface area contributed by atoms with E-state index in [-0.39, 0.29) is 0 Å². The predicted molar refractivity (Wildman–Crippen MR) is 67.4 cm³/mol. The van der Waals surface area contributed by atoms with Crippen LogP contribution in [0, 0.1) is 11.3 Å². The lowest BCUT2D eigenvalue weighted by atomic mass is 10.3. The highest BCUT2D eigenvalue weighted by Gasteiger charge is 1.97. The number of pyridine rings is 1. The quantitative estimate of drug-likeness (QED) is 0.473. The van der Waals surface area contributed by atoms with E-state index in [0.717, 1.165) is 0 Å². The molecule has 0 bridgehead atoms. The van der Waals surface area contributed by atoms with E-state index >= 15 is 0 Å². The highest BCUT2D eigenvalue weighted by atomic mass is 32.1. The molecule has 1 rings (SSSR count).